The van der Waals surface area contributed by atoms with Crippen molar-refractivity contribution in [3.63, 3.8) is 0 Å². The number of rotatable bonds is 7. The number of anilines is 1. The third-order valence-corrected chi connectivity index (χ3v) is 6.36. The number of nitro groups is 1. The first-order valence-corrected chi connectivity index (χ1v) is 11.9. The van der Waals surface area contributed by atoms with Crippen molar-refractivity contribution >= 4 is 46.4 Å². The zero-order valence-corrected chi connectivity index (χ0v) is 21.2. The summed E-state index contributed by atoms with van der Waals surface area (Å²) in [5, 5.41) is 24.8. The fourth-order valence-corrected chi connectivity index (χ4v) is 3.93. The number of nitrogens with one attached hydrogen (secondary N) is 3. The first-order chi connectivity index (χ1) is 18.1. The molecule has 0 saturated heterocycles. The number of carbonyl (C=O) groups is 2. The third-order valence-electron chi connectivity index (χ3n) is 5.62. The minimum Gasteiger partial charge on any atom is -0.502 e. The fraction of sp³-hybridized carbons (Fsp3) is 0.0769. The summed E-state index contributed by atoms with van der Waals surface area (Å²) in [6.45, 7) is 1.98. The van der Waals surface area contributed by atoms with Crippen molar-refractivity contribution in [3.8, 4) is 16.9 Å². The van der Waals surface area contributed by atoms with Crippen LogP contribution in [0.1, 0.15) is 39.4 Å². The summed E-state index contributed by atoms with van der Waals surface area (Å²) in [7, 11) is 0. The van der Waals surface area contributed by atoms with Gasteiger partial charge >= 0.3 is 11.6 Å². The van der Waals surface area contributed by atoms with Gasteiger partial charge < -0.3 is 14.8 Å². The second-order valence-corrected chi connectivity index (χ2v) is 8.96. The van der Waals surface area contributed by atoms with Gasteiger partial charge in [-0.2, -0.15) is 0 Å². The summed E-state index contributed by atoms with van der Waals surface area (Å²) >= 11 is 12.1. The second kappa shape index (κ2) is 11.2. The van der Waals surface area contributed by atoms with Gasteiger partial charge in [-0.05, 0) is 60.5 Å². The van der Waals surface area contributed by atoms with Crippen LogP contribution in [0.5, 0.6) is 5.75 Å². The minimum atomic E-state index is -0.825. The number of hydrazine groups is 1. The topological polar surface area (TPSA) is 147 Å². The normalized spacial score (nSPS) is 11.4. The molecular weight excluding hydrogens is 535 g/mol. The molecule has 4 aromatic rings. The molecule has 0 spiro atoms. The van der Waals surface area contributed by atoms with Gasteiger partial charge in [0.25, 0.3) is 5.91 Å². The van der Waals surface area contributed by atoms with Crippen molar-refractivity contribution in [2.24, 2.45) is 0 Å². The number of hydrogen-bond acceptors (Lipinski definition) is 7. The predicted molar refractivity (Wildman–Crippen MR) is 142 cm³/mol. The first kappa shape index (κ1) is 26.5. The highest BCUT2D eigenvalue weighted by Gasteiger charge is 2.20. The van der Waals surface area contributed by atoms with E-state index in [1.165, 1.54) is 12.3 Å². The Hall–Kier alpha value is -4.54. The molecule has 1 heterocycles. The number of phenolic OH excluding ortho intramolecular Hbond substituents is 1. The minimum absolute atomic E-state index is 0.0492. The molecule has 0 radical (unpaired) electrons. The standard InChI is InChI=1S/C26H20Cl2N4O6/c1-14(16-4-8-20(27)21(28)12-16)29-18-6-2-15(3-7-18)19-10-11-38-24(19)26(35)31-30-25(34)17-5-9-23(33)22(13-17)32(36)37/h2-14,29,33H,1H3,(H,30,34)(H,31,35). The van der Waals surface area contributed by atoms with Crippen molar-refractivity contribution in [3.05, 3.63) is 110 Å². The summed E-state index contributed by atoms with van der Waals surface area (Å²) in [5.41, 5.74) is 6.60. The molecule has 38 heavy (non-hydrogen) atoms. The SMILES string of the molecule is CC(Nc1ccc(-c2ccoc2C(=O)NNC(=O)c2ccc(O)c([N+](=O)[O-])c2)cc1)c1ccc(Cl)c(Cl)c1. The molecule has 1 unspecified atom stereocenters. The zero-order valence-electron chi connectivity index (χ0n) is 19.7. The van der Waals surface area contributed by atoms with Crippen LogP contribution in [-0.4, -0.2) is 21.8 Å². The van der Waals surface area contributed by atoms with Crippen LogP contribution in [0.25, 0.3) is 11.1 Å². The van der Waals surface area contributed by atoms with Gasteiger partial charge in [-0.15, -0.1) is 0 Å². The van der Waals surface area contributed by atoms with Crippen LogP contribution in [0.3, 0.4) is 0 Å². The van der Waals surface area contributed by atoms with Gasteiger partial charge in [0, 0.05) is 28.9 Å². The maximum atomic E-state index is 12.7. The van der Waals surface area contributed by atoms with Gasteiger partial charge in [0.2, 0.25) is 5.76 Å². The van der Waals surface area contributed by atoms with Crippen LogP contribution in [0, 0.1) is 10.1 Å². The number of nitro benzene ring substituents is 1. The molecule has 0 aliphatic heterocycles. The van der Waals surface area contributed by atoms with Crippen LogP contribution in [-0.2, 0) is 0 Å². The van der Waals surface area contributed by atoms with E-state index in [0.29, 0.717) is 21.2 Å². The Morgan fingerprint density at radius 3 is 2.34 bits per heavy atom. The maximum Gasteiger partial charge on any atom is 0.311 e. The maximum absolute atomic E-state index is 12.7. The van der Waals surface area contributed by atoms with Crippen LogP contribution in [0.15, 0.2) is 77.4 Å². The lowest BCUT2D eigenvalue weighted by molar-refractivity contribution is -0.385. The second-order valence-electron chi connectivity index (χ2n) is 8.15. The van der Waals surface area contributed by atoms with Gasteiger partial charge in [-0.25, -0.2) is 0 Å². The number of aromatic hydroxyl groups is 1. The summed E-state index contributed by atoms with van der Waals surface area (Å²) in [6.07, 6.45) is 1.34. The number of nitrogens with zero attached hydrogens (tertiary/aromatic N) is 1. The van der Waals surface area contributed by atoms with E-state index in [1.54, 1.807) is 30.3 Å². The van der Waals surface area contributed by atoms with Gasteiger partial charge in [-0.1, -0.05) is 41.4 Å². The fourth-order valence-electron chi connectivity index (χ4n) is 3.63. The van der Waals surface area contributed by atoms with E-state index in [-0.39, 0.29) is 17.4 Å². The number of halogens is 2. The van der Waals surface area contributed by atoms with E-state index in [4.69, 9.17) is 27.6 Å². The Balaban J connectivity index is 1.41. The number of furan rings is 1. The van der Waals surface area contributed by atoms with Crippen LogP contribution >= 0.6 is 23.2 Å². The van der Waals surface area contributed by atoms with Crippen molar-refractivity contribution in [2.75, 3.05) is 5.32 Å². The number of carbonyl (C=O) groups excluding carboxylic acids is 2. The summed E-state index contributed by atoms with van der Waals surface area (Å²) < 4.78 is 5.33. The molecule has 0 saturated carbocycles. The van der Waals surface area contributed by atoms with Gasteiger partial charge in [0.15, 0.2) is 5.75 Å². The molecule has 0 bridgehead atoms. The molecule has 1 aromatic heterocycles. The lowest BCUT2D eigenvalue weighted by atomic mass is 10.0. The summed E-state index contributed by atoms with van der Waals surface area (Å²) in [4.78, 5) is 35.2. The number of amides is 2. The van der Waals surface area contributed by atoms with Crippen LogP contribution in [0.4, 0.5) is 11.4 Å². The van der Waals surface area contributed by atoms with E-state index in [1.807, 2.05) is 25.1 Å². The van der Waals surface area contributed by atoms with E-state index in [2.05, 4.69) is 16.2 Å². The smallest absolute Gasteiger partial charge is 0.311 e. The monoisotopic (exact) mass is 554 g/mol. The summed E-state index contributed by atoms with van der Waals surface area (Å²) in [5.74, 6) is -2.18. The van der Waals surface area contributed by atoms with Crippen molar-refractivity contribution < 1.29 is 24.0 Å². The Morgan fingerprint density at radius 2 is 1.66 bits per heavy atom. The highest BCUT2D eigenvalue weighted by molar-refractivity contribution is 6.42. The Kier molecular flexibility index (Phi) is 7.85. The molecule has 0 aliphatic rings. The lowest BCUT2D eigenvalue weighted by Crippen LogP contribution is -2.41. The molecule has 3 aromatic carbocycles. The van der Waals surface area contributed by atoms with Gasteiger partial charge in [-0.3, -0.25) is 30.6 Å². The van der Waals surface area contributed by atoms with Crippen molar-refractivity contribution in [1.82, 2.24) is 10.9 Å². The molecule has 12 heteroatoms. The Labute approximate surface area is 226 Å². The van der Waals surface area contributed by atoms with E-state index >= 15 is 0 Å². The molecule has 0 aliphatic carbocycles. The summed E-state index contributed by atoms with van der Waals surface area (Å²) in [6, 6.07) is 17.4. The van der Waals surface area contributed by atoms with Crippen LogP contribution < -0.4 is 16.2 Å². The molecule has 10 nitrogen and oxygen atoms in total. The Bertz CT molecular complexity index is 1520. The van der Waals surface area contributed by atoms with E-state index < -0.39 is 28.2 Å². The van der Waals surface area contributed by atoms with Gasteiger partial charge in [0.05, 0.1) is 21.2 Å². The third kappa shape index (κ3) is 5.88. The number of hydrogen-bond donors (Lipinski definition) is 4. The van der Waals surface area contributed by atoms with E-state index in [0.717, 1.165) is 23.4 Å². The number of phenols is 1. The average Bonchev–Trinajstić information content (AvgIpc) is 3.39. The molecular formula is C26H20Cl2N4O6. The van der Waals surface area contributed by atoms with Gasteiger partial charge in [0.1, 0.15) is 0 Å². The van der Waals surface area contributed by atoms with E-state index in [9.17, 15) is 24.8 Å². The predicted octanol–water partition coefficient (Wildman–Crippen LogP) is 6.12. The highest BCUT2D eigenvalue weighted by atomic mass is 35.5. The molecule has 4 rings (SSSR count). The highest BCUT2D eigenvalue weighted by Crippen LogP contribution is 2.30. The Morgan fingerprint density at radius 1 is 0.947 bits per heavy atom. The molecule has 0 fully saturated rings. The molecule has 2 amide bonds. The lowest BCUT2D eigenvalue weighted by Gasteiger charge is -2.16. The zero-order chi connectivity index (χ0) is 27.4. The first-order valence-electron chi connectivity index (χ1n) is 11.1. The van der Waals surface area contributed by atoms with Crippen LogP contribution in [0.2, 0.25) is 10.0 Å². The molecule has 194 valence electrons. The van der Waals surface area contributed by atoms with Crippen molar-refractivity contribution in [2.45, 2.75) is 13.0 Å². The number of benzene rings is 3. The molecule has 1 atom stereocenters. The largest absolute Gasteiger partial charge is 0.502 e. The molecule has 4 N–H and O–H groups in total. The van der Waals surface area contributed by atoms with Crippen molar-refractivity contribution in [1.29, 1.82) is 0 Å². The average molecular weight is 555 g/mol. The quantitative estimate of drug-likeness (QED) is 0.159.